The van der Waals surface area contributed by atoms with Crippen LogP contribution in [0.5, 0.6) is 0 Å². The Morgan fingerprint density at radius 3 is 1.14 bits per heavy atom. The molecule has 0 bridgehead atoms. The standard InChI is InChI=1S/K.HO4Si.Sr/c;1-5(2,3)4;/h;1H;/q+1;-3;+2. The molecule has 0 aromatic rings. The molecule has 0 spiro atoms. The molecule has 0 saturated carbocycles. The SMILES string of the molecule is [K+].[O-][Si]([O-])([O-])O.[Sr+2]. The average Bonchev–Trinajstić information content (AvgIpc) is 0.722. The van der Waals surface area contributed by atoms with Gasteiger partial charge in [-0.25, -0.2) is 0 Å². The van der Waals surface area contributed by atoms with Gasteiger partial charge in [-0.3, -0.25) is 0 Å². The second-order valence-electron chi connectivity index (χ2n) is 0.524. The Balaban J connectivity index is -0.0000000800. The molecule has 0 radical (unpaired) electrons. The van der Waals surface area contributed by atoms with E-state index in [0.717, 1.165) is 0 Å². The average molecular weight is 220 g/mol. The summed E-state index contributed by atoms with van der Waals surface area (Å²) in [5.41, 5.74) is 0. The van der Waals surface area contributed by atoms with Crippen LogP contribution in [0.2, 0.25) is 0 Å². The topological polar surface area (TPSA) is 89.4 Å². The first kappa shape index (κ1) is 16.6. The molecule has 0 aromatic carbocycles. The van der Waals surface area contributed by atoms with Crippen molar-refractivity contribution in [3.63, 3.8) is 0 Å². The predicted molar refractivity (Wildman–Crippen MR) is 13.7 cm³/mol. The van der Waals surface area contributed by atoms with E-state index in [0.29, 0.717) is 0 Å². The molecule has 0 aliphatic rings. The Bertz CT molecular complexity index is 27.2. The number of rotatable bonds is 0. The molecule has 0 heterocycles. The van der Waals surface area contributed by atoms with Crippen molar-refractivity contribution >= 4 is 54.5 Å². The van der Waals surface area contributed by atoms with Crippen LogP contribution in [0.4, 0.5) is 0 Å². The molecule has 1 N–H and O–H groups in total. The largest absolute Gasteiger partial charge is 2.00 e. The summed E-state index contributed by atoms with van der Waals surface area (Å²) in [5, 5.41) is 0. The zero-order chi connectivity index (χ0) is 4.50. The van der Waals surface area contributed by atoms with E-state index in [2.05, 4.69) is 0 Å². The molecule has 4 nitrogen and oxygen atoms in total. The minimum atomic E-state index is -5.36. The maximum atomic E-state index is 8.69. The van der Waals surface area contributed by atoms with Crippen LogP contribution >= 0.6 is 0 Å². The molecule has 0 saturated heterocycles. The fourth-order valence-corrected chi connectivity index (χ4v) is 0. The van der Waals surface area contributed by atoms with Crippen molar-refractivity contribution in [3.8, 4) is 0 Å². The van der Waals surface area contributed by atoms with E-state index >= 15 is 0 Å². The molecule has 0 amide bonds. The molecule has 0 unspecified atom stereocenters. The molecule has 0 rings (SSSR count). The smallest absolute Gasteiger partial charge is 0.861 e. The van der Waals surface area contributed by atoms with Crippen molar-refractivity contribution in [3.05, 3.63) is 0 Å². The van der Waals surface area contributed by atoms with Crippen molar-refractivity contribution in [2.24, 2.45) is 0 Å². The van der Waals surface area contributed by atoms with Crippen molar-refractivity contribution < 1.29 is 70.6 Å². The zero-order valence-corrected chi connectivity index (χ0v) is 11.5. The van der Waals surface area contributed by atoms with Gasteiger partial charge in [-0.2, -0.15) is 0 Å². The first-order chi connectivity index (χ1) is 2.00. The van der Waals surface area contributed by atoms with Gasteiger partial charge in [0.15, 0.2) is 0 Å². The van der Waals surface area contributed by atoms with Crippen molar-refractivity contribution in [1.82, 2.24) is 0 Å². The van der Waals surface area contributed by atoms with E-state index in [1.54, 1.807) is 0 Å². The van der Waals surface area contributed by atoms with Gasteiger partial charge in [0.2, 0.25) is 0 Å². The van der Waals surface area contributed by atoms with Crippen LogP contribution in [0.25, 0.3) is 0 Å². The summed E-state index contributed by atoms with van der Waals surface area (Å²) in [5.74, 6) is 0. The van der Waals surface area contributed by atoms with Gasteiger partial charge in [-0.05, 0) is 0 Å². The van der Waals surface area contributed by atoms with Gasteiger partial charge in [0.25, 0.3) is 0 Å². The molecule has 0 fully saturated rings. The van der Waals surface area contributed by atoms with Gasteiger partial charge in [0.05, 0.1) is 0 Å². The maximum Gasteiger partial charge on any atom is 2.00 e. The number of hydrogen-bond acceptors (Lipinski definition) is 4. The maximum absolute atomic E-state index is 8.69. The molecule has 32 valence electrons. The summed E-state index contributed by atoms with van der Waals surface area (Å²) in [6, 6.07) is 0. The van der Waals surface area contributed by atoms with E-state index in [9.17, 15) is 0 Å². The van der Waals surface area contributed by atoms with Crippen molar-refractivity contribution in [2.45, 2.75) is 0 Å². The van der Waals surface area contributed by atoms with Gasteiger partial charge < -0.3 is 19.2 Å². The van der Waals surface area contributed by atoms with Crippen LogP contribution in [0.15, 0.2) is 0 Å². The van der Waals surface area contributed by atoms with Gasteiger partial charge in [0.1, 0.15) is 0 Å². The Labute approximate surface area is 122 Å². The molecule has 7 heavy (non-hydrogen) atoms. The minimum absolute atomic E-state index is 0. The van der Waals surface area contributed by atoms with E-state index in [1.165, 1.54) is 0 Å². The fraction of sp³-hybridized carbons (Fsp3) is 0. The zero-order valence-electron chi connectivity index (χ0n) is 3.88. The Morgan fingerprint density at radius 2 is 1.14 bits per heavy atom. The van der Waals surface area contributed by atoms with Gasteiger partial charge >= 0.3 is 96.9 Å². The first-order valence-corrected chi connectivity index (χ1v) is 2.51. The quantitative estimate of drug-likeness (QED) is 0.410. The van der Waals surface area contributed by atoms with Crippen LogP contribution in [0, 0.1) is 0 Å². The Kier molecular flexibility index (Phi) is 17.3. The summed E-state index contributed by atoms with van der Waals surface area (Å²) in [6.07, 6.45) is 0. The van der Waals surface area contributed by atoms with Crippen LogP contribution in [0.3, 0.4) is 0 Å². The van der Waals surface area contributed by atoms with Crippen LogP contribution in [-0.4, -0.2) is 59.3 Å². The van der Waals surface area contributed by atoms with Crippen LogP contribution < -0.4 is 65.8 Å². The Morgan fingerprint density at radius 1 is 1.14 bits per heavy atom. The van der Waals surface area contributed by atoms with E-state index in [4.69, 9.17) is 19.2 Å². The molecule has 0 aliphatic carbocycles. The van der Waals surface area contributed by atoms with E-state index in [-0.39, 0.29) is 96.9 Å². The second-order valence-corrected chi connectivity index (χ2v) is 1.57. The fourth-order valence-electron chi connectivity index (χ4n) is 0. The summed E-state index contributed by atoms with van der Waals surface area (Å²) in [6.45, 7) is 0. The van der Waals surface area contributed by atoms with E-state index in [1.807, 2.05) is 0 Å². The second kappa shape index (κ2) is 7.28. The third-order valence-electron chi connectivity index (χ3n) is 0. The van der Waals surface area contributed by atoms with Gasteiger partial charge in [-0.1, -0.05) is 0 Å². The minimum Gasteiger partial charge on any atom is -0.861 e. The summed E-state index contributed by atoms with van der Waals surface area (Å²) >= 11 is 0. The van der Waals surface area contributed by atoms with Crippen LogP contribution in [-0.2, 0) is 0 Å². The summed E-state index contributed by atoms with van der Waals surface area (Å²) in [4.78, 5) is 33.1. The molecule has 7 heteroatoms. The predicted octanol–water partition coefficient (Wildman–Crippen LogP) is -7.88. The molecule has 0 aromatic heterocycles. The van der Waals surface area contributed by atoms with E-state index < -0.39 is 9.05 Å². The normalized spacial score (nSPS) is 8.57. The van der Waals surface area contributed by atoms with Crippen molar-refractivity contribution in [1.29, 1.82) is 0 Å². The van der Waals surface area contributed by atoms with Crippen molar-refractivity contribution in [2.75, 3.05) is 0 Å². The third kappa shape index (κ3) is 46.9. The third-order valence-corrected chi connectivity index (χ3v) is 0. The Hall–Kier alpha value is 3.17. The monoisotopic (exact) mass is 220 g/mol. The van der Waals surface area contributed by atoms with Gasteiger partial charge in [-0.15, -0.1) is 9.05 Å². The van der Waals surface area contributed by atoms with Crippen LogP contribution in [0.1, 0.15) is 0 Å². The van der Waals surface area contributed by atoms with Gasteiger partial charge in [0, 0.05) is 0 Å². The molecule has 0 atom stereocenters. The first-order valence-electron chi connectivity index (χ1n) is 0.836. The molecular formula is HKO4SiSr. The number of hydrogen-bond donors (Lipinski definition) is 1. The molecule has 0 aliphatic heterocycles. The molecular weight excluding hydrogens is 219 g/mol. The summed E-state index contributed by atoms with van der Waals surface area (Å²) < 4.78 is 0. The summed E-state index contributed by atoms with van der Waals surface area (Å²) in [7, 11) is -5.36.